The molecular weight excluding hydrogens is 677 g/mol. The lowest BCUT2D eigenvalue weighted by Gasteiger charge is -2.43. The predicted octanol–water partition coefficient (Wildman–Crippen LogP) is 8.65. The molecule has 2 aromatic heterocycles. The van der Waals surface area contributed by atoms with Gasteiger partial charge in [0.2, 0.25) is 6.43 Å². The van der Waals surface area contributed by atoms with E-state index in [9.17, 15) is 18.8 Å². The Hall–Kier alpha value is -3.39. The average molecular weight is 711 g/mol. The number of likely N-dealkylation sites (tertiary alicyclic amines) is 1. The van der Waals surface area contributed by atoms with Crippen LogP contribution in [0.5, 0.6) is 0 Å². The van der Waals surface area contributed by atoms with E-state index in [4.69, 9.17) is 28.2 Å². The topological polar surface area (TPSA) is 74.0 Å². The Morgan fingerprint density at radius 2 is 1.98 bits per heavy atom. The van der Waals surface area contributed by atoms with Gasteiger partial charge in [-0.25, -0.2) is 22.5 Å². The molecule has 3 aliphatic heterocycles. The fourth-order valence-corrected chi connectivity index (χ4v) is 10.1. The highest BCUT2D eigenvalue weighted by Gasteiger charge is 2.63. The quantitative estimate of drug-likeness (QED) is 0.195. The van der Waals surface area contributed by atoms with Crippen LogP contribution in [0.1, 0.15) is 67.6 Å². The summed E-state index contributed by atoms with van der Waals surface area (Å²) in [5, 5.41) is 14.8. The third-order valence-electron chi connectivity index (χ3n) is 12.1. The number of nitriles is 1. The first-order valence-corrected chi connectivity index (χ1v) is 17.8. The molecule has 1 N–H and O–H groups in total. The Kier molecular flexibility index (Phi) is 7.12. The normalized spacial score (nSPS) is 29.3. The van der Waals surface area contributed by atoms with Crippen LogP contribution in [0.4, 0.5) is 17.6 Å². The van der Waals surface area contributed by atoms with E-state index >= 15 is 8.78 Å². The number of nitrogens with one attached hydrogen (secondary N) is 1. The molecule has 12 heteroatoms. The molecule has 5 heterocycles. The summed E-state index contributed by atoms with van der Waals surface area (Å²) in [7, 11) is 0. The van der Waals surface area contributed by atoms with Gasteiger partial charge in [0, 0.05) is 64.3 Å². The van der Waals surface area contributed by atoms with Crippen LogP contribution in [-0.4, -0.2) is 51.1 Å². The van der Waals surface area contributed by atoms with Crippen molar-refractivity contribution >= 4 is 50.9 Å². The molecule has 254 valence electrons. The van der Waals surface area contributed by atoms with Crippen LogP contribution in [0, 0.1) is 41.8 Å². The number of alkyl halides is 3. The lowest BCUT2D eigenvalue weighted by molar-refractivity contribution is -0.145. The zero-order valence-corrected chi connectivity index (χ0v) is 28.1. The first-order chi connectivity index (χ1) is 23.5. The van der Waals surface area contributed by atoms with Crippen molar-refractivity contribution in [3.05, 3.63) is 63.1 Å². The van der Waals surface area contributed by atoms with E-state index in [2.05, 4.69) is 16.0 Å². The van der Waals surface area contributed by atoms with Gasteiger partial charge in [-0.3, -0.25) is 4.79 Å². The van der Waals surface area contributed by atoms with Crippen LogP contribution in [0.3, 0.4) is 0 Å². The van der Waals surface area contributed by atoms with Crippen LogP contribution in [0.15, 0.2) is 30.3 Å². The van der Waals surface area contributed by atoms with Gasteiger partial charge in [0.25, 0.3) is 5.91 Å². The van der Waals surface area contributed by atoms with E-state index in [-0.39, 0.29) is 71.2 Å². The Morgan fingerprint density at radius 1 is 1.18 bits per heavy atom. The smallest absolute Gasteiger partial charge is 0.261 e. The second-order valence-electron chi connectivity index (χ2n) is 14.7. The molecular formula is C37H33Cl2F4N5O. The summed E-state index contributed by atoms with van der Waals surface area (Å²) < 4.78 is 63.9. The number of benzene rings is 2. The second kappa shape index (κ2) is 11.1. The van der Waals surface area contributed by atoms with Crippen molar-refractivity contribution in [2.24, 2.45) is 17.8 Å². The van der Waals surface area contributed by atoms with E-state index < -0.39 is 47.7 Å². The third kappa shape index (κ3) is 4.47. The number of fused-ring (bicyclic) bond motifs is 6. The summed E-state index contributed by atoms with van der Waals surface area (Å²) in [4.78, 5) is 20.2. The molecule has 10 rings (SSSR count). The van der Waals surface area contributed by atoms with E-state index in [0.717, 1.165) is 18.4 Å². The lowest BCUT2D eigenvalue weighted by Crippen LogP contribution is -2.49. The molecule has 4 aromatic rings. The van der Waals surface area contributed by atoms with Crippen molar-refractivity contribution in [1.82, 2.24) is 19.8 Å². The molecule has 1 amide bonds. The van der Waals surface area contributed by atoms with Crippen LogP contribution in [-0.2, 0) is 11.2 Å². The molecule has 0 radical (unpaired) electrons. The average Bonchev–Trinajstić information content (AvgIpc) is 3.65. The first-order valence-electron chi connectivity index (χ1n) is 17.0. The van der Waals surface area contributed by atoms with Crippen LogP contribution in [0.2, 0.25) is 10.0 Å². The van der Waals surface area contributed by atoms with Crippen LogP contribution in [0.25, 0.3) is 32.9 Å². The summed E-state index contributed by atoms with van der Waals surface area (Å²) in [5.74, 6) is -2.39. The number of amides is 1. The number of pyridine rings is 1. The molecule has 6 fully saturated rings. The van der Waals surface area contributed by atoms with E-state index in [0.29, 0.717) is 39.8 Å². The minimum atomic E-state index is -2.56. The number of nitrogens with zero attached hydrogens (tertiary/aromatic N) is 4. The van der Waals surface area contributed by atoms with Crippen molar-refractivity contribution in [3.63, 3.8) is 0 Å². The lowest BCUT2D eigenvalue weighted by atomic mass is 9.79. The molecule has 7 atom stereocenters. The van der Waals surface area contributed by atoms with Crippen molar-refractivity contribution < 1.29 is 22.4 Å². The summed E-state index contributed by atoms with van der Waals surface area (Å²) >= 11 is 13.0. The van der Waals surface area contributed by atoms with Gasteiger partial charge in [0.15, 0.2) is 11.5 Å². The van der Waals surface area contributed by atoms with E-state index in [1.165, 1.54) is 0 Å². The maximum absolute atomic E-state index is 17.1. The Bertz CT molecular complexity index is 2110. The minimum Gasteiger partial charge on any atom is -0.337 e. The fraction of sp³-hybridized carbons (Fsp3) is 0.486. The van der Waals surface area contributed by atoms with Crippen molar-refractivity contribution in [3.8, 4) is 17.2 Å². The summed E-state index contributed by atoms with van der Waals surface area (Å²) in [6.45, 7) is 2.58. The Morgan fingerprint density at radius 3 is 2.65 bits per heavy atom. The van der Waals surface area contributed by atoms with Gasteiger partial charge in [-0.05, 0) is 81.0 Å². The maximum atomic E-state index is 17.1. The number of aromatic nitrogens is 2. The van der Waals surface area contributed by atoms with Gasteiger partial charge in [0.1, 0.15) is 5.52 Å². The Balaban J connectivity index is 1.33. The highest BCUT2D eigenvalue weighted by atomic mass is 35.5. The summed E-state index contributed by atoms with van der Waals surface area (Å²) in [5.41, 5.74) is 1.31. The zero-order chi connectivity index (χ0) is 34.1. The van der Waals surface area contributed by atoms with Crippen molar-refractivity contribution in [2.75, 3.05) is 6.54 Å². The van der Waals surface area contributed by atoms with Gasteiger partial charge in [-0.15, -0.1) is 0 Å². The molecule has 49 heavy (non-hydrogen) atoms. The van der Waals surface area contributed by atoms with Crippen molar-refractivity contribution in [2.45, 2.75) is 88.1 Å². The monoisotopic (exact) mass is 709 g/mol. The number of hydrogen-bond acceptors (Lipinski definition) is 4. The van der Waals surface area contributed by atoms with Gasteiger partial charge in [-0.2, -0.15) is 5.26 Å². The molecule has 6 nitrogen and oxygen atoms in total. The number of rotatable bonds is 7. The standard InChI is InChI=1S/C37H33Cl2F4N5O/c1-16-21-14-27(34-22-12-19(13-23(22)35(41)42)47(34)36(49)37(43)7-8-37)48(32-18-11-26(32)45-15-18)33(21)24-10-17(4-3-9-44)28(30(40)31(24)46-16)20-5-2-6-25(38)29(20)39/h2,5-6,10,14,18-19,22-23,26,32,34-35,45H,3-4,7-8,11-13,15H2,1H3/t18-,19-,22+,23+,26-,32+,34-/m1/s1. The van der Waals surface area contributed by atoms with E-state index in [1.807, 2.05) is 12.1 Å². The number of hydrogen-bond donors (Lipinski definition) is 1. The molecule has 3 saturated carbocycles. The Labute approximate surface area is 290 Å². The SMILES string of the molecule is Cc1nc2c(F)c(-c3cccc(Cl)c3Cl)c(CCC#N)cc2c2c1cc([C@H]1[C@H]3C[C@H](C[C@@H]3C(F)F)N1C(=O)C1(F)CC1)n2[C@H]1[C@H]2CN[C@@H]1C2. The number of halogens is 6. The third-order valence-corrected chi connectivity index (χ3v) is 12.9. The number of carbonyl (C=O) groups is 1. The van der Waals surface area contributed by atoms with Crippen LogP contribution >= 0.6 is 23.2 Å². The number of carbonyl (C=O) groups excluding carboxylic acids is 1. The zero-order valence-electron chi connectivity index (χ0n) is 26.6. The molecule has 6 aliphatic rings. The molecule has 2 aromatic carbocycles. The van der Waals surface area contributed by atoms with E-state index in [1.54, 1.807) is 30.0 Å². The molecule has 4 bridgehead atoms. The number of piperidine rings is 1. The van der Waals surface area contributed by atoms with Gasteiger partial charge >= 0.3 is 0 Å². The molecule has 3 aliphatic carbocycles. The van der Waals surface area contributed by atoms with Crippen LogP contribution < -0.4 is 5.32 Å². The van der Waals surface area contributed by atoms with Gasteiger partial charge < -0.3 is 14.8 Å². The van der Waals surface area contributed by atoms with Gasteiger partial charge in [0.05, 0.1) is 33.7 Å². The second-order valence-corrected chi connectivity index (χ2v) is 15.5. The number of aryl methyl sites for hydroxylation is 2. The molecule has 3 saturated heterocycles. The highest BCUT2D eigenvalue weighted by Crippen LogP contribution is 2.59. The first kappa shape index (κ1) is 31.6. The van der Waals surface area contributed by atoms with Crippen molar-refractivity contribution in [1.29, 1.82) is 5.26 Å². The largest absolute Gasteiger partial charge is 0.337 e. The summed E-state index contributed by atoms with van der Waals surface area (Å²) in [6, 6.07) is 9.82. The summed E-state index contributed by atoms with van der Waals surface area (Å²) in [6.07, 6.45) is -0.419. The molecule has 0 spiro atoms. The fourth-order valence-electron chi connectivity index (χ4n) is 9.67. The minimum absolute atomic E-state index is 0.0634. The predicted molar refractivity (Wildman–Crippen MR) is 179 cm³/mol. The van der Waals surface area contributed by atoms with Gasteiger partial charge in [-0.1, -0.05) is 35.3 Å². The highest BCUT2D eigenvalue weighted by molar-refractivity contribution is 6.43. The molecule has 0 unspecified atom stereocenters. The maximum Gasteiger partial charge on any atom is 0.261 e.